The summed E-state index contributed by atoms with van der Waals surface area (Å²) in [6, 6.07) is 6.80. The van der Waals surface area contributed by atoms with Crippen LogP contribution in [0.2, 0.25) is 15.1 Å². The Hall–Kier alpha value is -1.67. The van der Waals surface area contributed by atoms with Crippen molar-refractivity contribution in [1.29, 1.82) is 0 Å². The van der Waals surface area contributed by atoms with Crippen LogP contribution in [0.15, 0.2) is 30.3 Å². The number of anilines is 1. The van der Waals surface area contributed by atoms with Gasteiger partial charge in [0.25, 0.3) is 0 Å². The molecule has 0 fully saturated rings. The number of halogens is 6. The lowest BCUT2D eigenvalue weighted by molar-refractivity contribution is -0.260. The topological polar surface area (TPSA) is 61.4 Å². The van der Waals surface area contributed by atoms with E-state index in [0.717, 1.165) is 29.7 Å². The normalized spacial score (nSPS) is 13.6. The second-order valence-corrected chi connectivity index (χ2v) is 8.33. The number of carbonyl (C=O) groups excluding carboxylic acids is 1. The summed E-state index contributed by atoms with van der Waals surface area (Å²) in [5, 5.41) is 15.5. The Balaban J connectivity index is 2.21. The molecule has 0 saturated heterocycles. The fourth-order valence-electron chi connectivity index (χ4n) is 2.90. The van der Waals surface area contributed by atoms with E-state index in [2.05, 4.69) is 10.6 Å². The average molecular weight is 498 g/mol. The molecule has 2 rings (SSSR count). The van der Waals surface area contributed by atoms with Gasteiger partial charge in [-0.15, -0.1) is 0 Å². The molecule has 4 nitrogen and oxygen atoms in total. The summed E-state index contributed by atoms with van der Waals surface area (Å²) in [7, 11) is 0. The highest BCUT2D eigenvalue weighted by Crippen LogP contribution is 2.43. The molecule has 0 unspecified atom stereocenters. The lowest BCUT2D eigenvalue weighted by Crippen LogP contribution is -2.47. The molecule has 0 aliphatic heterocycles. The van der Waals surface area contributed by atoms with Gasteiger partial charge in [0, 0.05) is 18.7 Å². The van der Waals surface area contributed by atoms with Gasteiger partial charge in [-0.2, -0.15) is 13.2 Å². The molecule has 170 valence electrons. The lowest BCUT2D eigenvalue weighted by Gasteiger charge is -2.32. The molecule has 0 aliphatic carbocycles. The molecule has 0 saturated carbocycles. The summed E-state index contributed by atoms with van der Waals surface area (Å²) in [4.78, 5) is 11.6. The van der Waals surface area contributed by atoms with Gasteiger partial charge in [0.1, 0.15) is 0 Å². The van der Waals surface area contributed by atoms with E-state index in [1.165, 1.54) is 0 Å². The van der Waals surface area contributed by atoms with Gasteiger partial charge < -0.3 is 15.7 Å². The second-order valence-electron chi connectivity index (χ2n) is 7.13. The molecule has 0 heterocycles. The zero-order valence-corrected chi connectivity index (χ0v) is 19.1. The molecular formula is C21H22Cl3F3N2O2. The van der Waals surface area contributed by atoms with Crippen LogP contribution in [0.4, 0.5) is 18.9 Å². The molecule has 3 N–H and O–H groups in total. The number of rotatable bonds is 8. The Kier molecular flexibility index (Phi) is 8.50. The third-order valence-corrected chi connectivity index (χ3v) is 5.97. The number of benzene rings is 2. The Bertz CT molecular complexity index is 931. The van der Waals surface area contributed by atoms with Gasteiger partial charge in [0.15, 0.2) is 0 Å². The van der Waals surface area contributed by atoms with Crippen LogP contribution in [0.1, 0.15) is 36.5 Å². The van der Waals surface area contributed by atoms with Gasteiger partial charge in [-0.1, -0.05) is 47.8 Å². The molecule has 2 aromatic rings. The maximum Gasteiger partial charge on any atom is 0.423 e. The first-order valence-corrected chi connectivity index (χ1v) is 10.6. The van der Waals surface area contributed by atoms with Crippen LogP contribution >= 0.6 is 34.8 Å². The van der Waals surface area contributed by atoms with Crippen LogP contribution < -0.4 is 10.6 Å². The first-order valence-electron chi connectivity index (χ1n) is 9.43. The molecule has 31 heavy (non-hydrogen) atoms. The highest BCUT2D eigenvalue weighted by atomic mass is 35.5. The zero-order chi connectivity index (χ0) is 23.4. The van der Waals surface area contributed by atoms with Crippen molar-refractivity contribution in [2.75, 3.05) is 11.9 Å². The molecule has 0 spiro atoms. The first-order chi connectivity index (χ1) is 14.4. The summed E-state index contributed by atoms with van der Waals surface area (Å²) < 4.78 is 41.4. The summed E-state index contributed by atoms with van der Waals surface area (Å²) in [6.07, 6.45) is -3.85. The summed E-state index contributed by atoms with van der Waals surface area (Å²) in [6.45, 7) is 3.12. The predicted molar refractivity (Wildman–Crippen MR) is 118 cm³/mol. The molecule has 10 heteroatoms. The molecule has 1 amide bonds. The quantitative estimate of drug-likeness (QED) is 0.379. The van der Waals surface area contributed by atoms with Crippen molar-refractivity contribution in [2.24, 2.45) is 0 Å². The van der Waals surface area contributed by atoms with E-state index >= 15 is 0 Å². The number of hydrogen-bond acceptors (Lipinski definition) is 3. The number of alkyl halides is 3. The fraction of sp³-hybridized carbons (Fsp3) is 0.381. The smallest absolute Gasteiger partial charge is 0.381 e. The largest absolute Gasteiger partial charge is 0.423 e. The van der Waals surface area contributed by atoms with Crippen molar-refractivity contribution in [2.45, 2.75) is 45.0 Å². The van der Waals surface area contributed by atoms with Crippen molar-refractivity contribution in [3.8, 4) is 0 Å². The van der Waals surface area contributed by atoms with Gasteiger partial charge in [-0.05, 0) is 54.3 Å². The first kappa shape index (κ1) is 25.6. The van der Waals surface area contributed by atoms with E-state index in [0.29, 0.717) is 18.7 Å². The van der Waals surface area contributed by atoms with Crippen molar-refractivity contribution in [3.63, 3.8) is 0 Å². The van der Waals surface area contributed by atoms with E-state index in [9.17, 15) is 23.1 Å². The SMILES string of the molecule is CCCC(=O)NCc1ccc(NC[C@@](O)(c2cc(Cl)c(Cl)c(Cl)c2)C(F)(F)F)cc1C. The standard InChI is InChI=1S/C21H22Cl3F3N2O2/c1-3-4-18(30)28-10-13-5-6-15(7-12(13)2)29-11-20(31,21(25,26)27)14-8-16(22)19(24)17(23)9-14/h5-9,29,31H,3-4,10-11H2,1-2H3,(H,28,30)/t20-/m1/s1. The van der Waals surface area contributed by atoms with Crippen LogP contribution in [-0.2, 0) is 16.9 Å². The number of aliphatic hydroxyl groups is 1. The maximum absolute atomic E-state index is 13.8. The monoisotopic (exact) mass is 496 g/mol. The Labute approximate surface area is 193 Å². The summed E-state index contributed by atoms with van der Waals surface area (Å²) >= 11 is 17.5. The van der Waals surface area contributed by atoms with Crippen LogP contribution in [0.3, 0.4) is 0 Å². The Morgan fingerprint density at radius 3 is 2.23 bits per heavy atom. The highest BCUT2D eigenvalue weighted by molar-refractivity contribution is 6.48. The molecule has 0 bridgehead atoms. The molecule has 0 aromatic heterocycles. The van der Waals surface area contributed by atoms with Crippen molar-refractivity contribution in [3.05, 3.63) is 62.1 Å². The minimum Gasteiger partial charge on any atom is -0.381 e. The van der Waals surface area contributed by atoms with Crippen LogP contribution in [-0.4, -0.2) is 23.7 Å². The van der Waals surface area contributed by atoms with Gasteiger partial charge in [-0.3, -0.25) is 4.79 Å². The van der Waals surface area contributed by atoms with Crippen molar-refractivity contribution >= 4 is 46.4 Å². The number of nitrogens with one attached hydrogen (secondary N) is 2. The van der Waals surface area contributed by atoms with Gasteiger partial charge in [0.2, 0.25) is 11.5 Å². The lowest BCUT2D eigenvalue weighted by atomic mass is 9.92. The molecule has 2 aromatic carbocycles. The molecule has 0 aliphatic rings. The molecule has 1 atom stereocenters. The van der Waals surface area contributed by atoms with Crippen molar-refractivity contribution in [1.82, 2.24) is 5.32 Å². The number of aryl methyl sites for hydroxylation is 1. The zero-order valence-electron chi connectivity index (χ0n) is 16.8. The van der Waals surface area contributed by atoms with E-state index < -0.39 is 23.9 Å². The Morgan fingerprint density at radius 2 is 1.71 bits per heavy atom. The summed E-state index contributed by atoms with van der Waals surface area (Å²) in [5.41, 5.74) is -1.81. The molecular weight excluding hydrogens is 476 g/mol. The number of hydrogen-bond donors (Lipinski definition) is 3. The minimum absolute atomic E-state index is 0.0698. The third kappa shape index (κ3) is 6.19. The molecule has 0 radical (unpaired) electrons. The summed E-state index contributed by atoms with van der Waals surface area (Å²) in [5.74, 6) is -0.0698. The van der Waals surface area contributed by atoms with E-state index in [-0.39, 0.29) is 21.0 Å². The van der Waals surface area contributed by atoms with E-state index in [1.54, 1.807) is 25.1 Å². The number of carbonyl (C=O) groups is 1. The van der Waals surface area contributed by atoms with Crippen molar-refractivity contribution < 1.29 is 23.1 Å². The van der Waals surface area contributed by atoms with E-state index in [1.807, 2.05) is 6.92 Å². The van der Waals surface area contributed by atoms with Crippen LogP contribution in [0.5, 0.6) is 0 Å². The predicted octanol–water partition coefficient (Wildman–Crippen LogP) is 6.23. The van der Waals surface area contributed by atoms with Gasteiger partial charge in [-0.25, -0.2) is 0 Å². The van der Waals surface area contributed by atoms with Crippen LogP contribution in [0, 0.1) is 6.92 Å². The number of amides is 1. The maximum atomic E-state index is 13.8. The minimum atomic E-state index is -5.01. The van der Waals surface area contributed by atoms with E-state index in [4.69, 9.17) is 34.8 Å². The average Bonchev–Trinajstić information content (AvgIpc) is 2.68. The highest BCUT2D eigenvalue weighted by Gasteiger charge is 2.55. The third-order valence-electron chi connectivity index (χ3n) is 4.77. The van der Waals surface area contributed by atoms with Gasteiger partial charge in [0.05, 0.1) is 21.6 Å². The van der Waals surface area contributed by atoms with Gasteiger partial charge >= 0.3 is 6.18 Å². The second kappa shape index (κ2) is 10.3. The fourth-order valence-corrected chi connectivity index (χ4v) is 3.50. The van der Waals surface area contributed by atoms with Crippen LogP contribution in [0.25, 0.3) is 0 Å². The Morgan fingerprint density at radius 1 is 1.10 bits per heavy atom.